The molecule has 1 aliphatic rings. The fourth-order valence-electron chi connectivity index (χ4n) is 3.51. The van der Waals surface area contributed by atoms with Crippen molar-refractivity contribution in [3.8, 4) is 0 Å². The Kier molecular flexibility index (Phi) is 8.99. The van der Waals surface area contributed by atoms with Crippen molar-refractivity contribution in [2.75, 3.05) is 6.61 Å². The molecule has 0 aromatic carbocycles. The average molecular weight is 361 g/mol. The summed E-state index contributed by atoms with van der Waals surface area (Å²) >= 11 is -2.00. The van der Waals surface area contributed by atoms with Gasteiger partial charge in [0.05, 0.1) is 0 Å². The SMILES string of the molecule is CCC[CH2][Sn]([CH2]CCC)([CH2]CCC)[CH]1CCCO1. The third-order valence-corrected chi connectivity index (χ3v) is 21.4. The standard InChI is InChI=1S/C4H7O.3C4H9.Sn/c1-2-4-5-3-1;3*1-3-4-2;/h3H,1-2,4H2;3*1,3-4H2,2H3;. The summed E-state index contributed by atoms with van der Waals surface area (Å²) in [6.45, 7) is 8.12. The Morgan fingerprint density at radius 3 is 1.72 bits per heavy atom. The van der Waals surface area contributed by atoms with E-state index in [0.29, 0.717) is 0 Å². The topological polar surface area (TPSA) is 9.23 Å². The van der Waals surface area contributed by atoms with Crippen LogP contribution >= 0.6 is 0 Å². The summed E-state index contributed by atoms with van der Waals surface area (Å²) in [5, 5.41) is 0. The molecule has 0 spiro atoms. The van der Waals surface area contributed by atoms with Crippen LogP contribution in [0, 0.1) is 0 Å². The Balaban J connectivity index is 2.68. The first-order valence-electron chi connectivity index (χ1n) is 8.40. The minimum atomic E-state index is -2.00. The summed E-state index contributed by atoms with van der Waals surface area (Å²) in [4.78, 5) is 0. The maximum absolute atomic E-state index is 6.20. The molecule has 0 aromatic heterocycles. The van der Waals surface area contributed by atoms with E-state index in [1.165, 1.54) is 51.4 Å². The van der Waals surface area contributed by atoms with Gasteiger partial charge in [-0.05, 0) is 0 Å². The van der Waals surface area contributed by atoms with Gasteiger partial charge in [0.2, 0.25) is 0 Å². The minimum absolute atomic E-state index is 0.781. The van der Waals surface area contributed by atoms with Crippen LogP contribution in [0.15, 0.2) is 0 Å². The van der Waals surface area contributed by atoms with Crippen molar-refractivity contribution in [1.29, 1.82) is 0 Å². The first kappa shape index (κ1) is 16.8. The number of ether oxygens (including phenoxy) is 1. The molecule has 0 aliphatic carbocycles. The van der Waals surface area contributed by atoms with Gasteiger partial charge in [-0.15, -0.1) is 0 Å². The van der Waals surface area contributed by atoms with Crippen molar-refractivity contribution in [3.63, 3.8) is 0 Å². The summed E-state index contributed by atoms with van der Waals surface area (Å²) in [6, 6.07) is 0. The molecule has 1 rings (SSSR count). The molecule has 1 atom stereocenters. The summed E-state index contributed by atoms with van der Waals surface area (Å²) in [6.07, 6.45) is 11.3. The van der Waals surface area contributed by atoms with Crippen LogP contribution in [0.2, 0.25) is 13.3 Å². The Labute approximate surface area is 119 Å². The molecular weight excluding hydrogens is 327 g/mol. The van der Waals surface area contributed by atoms with E-state index in [1.54, 1.807) is 13.3 Å². The van der Waals surface area contributed by atoms with Gasteiger partial charge in [0.25, 0.3) is 0 Å². The van der Waals surface area contributed by atoms with E-state index < -0.39 is 18.4 Å². The summed E-state index contributed by atoms with van der Waals surface area (Å²) in [5.41, 5.74) is 0. The number of rotatable bonds is 10. The predicted molar refractivity (Wildman–Crippen MR) is 83.9 cm³/mol. The van der Waals surface area contributed by atoms with Gasteiger partial charge in [0.1, 0.15) is 0 Å². The fraction of sp³-hybridized carbons (Fsp3) is 1.00. The first-order chi connectivity index (χ1) is 8.79. The second-order valence-electron chi connectivity index (χ2n) is 6.17. The van der Waals surface area contributed by atoms with Crippen LogP contribution in [0.5, 0.6) is 0 Å². The Bertz CT molecular complexity index is 177. The summed E-state index contributed by atoms with van der Waals surface area (Å²) in [5.74, 6) is 0. The number of hydrogen-bond acceptors (Lipinski definition) is 1. The van der Waals surface area contributed by atoms with E-state index >= 15 is 0 Å². The van der Waals surface area contributed by atoms with Crippen molar-refractivity contribution in [2.24, 2.45) is 0 Å². The van der Waals surface area contributed by atoms with Crippen molar-refractivity contribution in [3.05, 3.63) is 0 Å². The zero-order valence-corrected chi connectivity index (χ0v) is 15.8. The number of unbranched alkanes of at least 4 members (excludes halogenated alkanes) is 3. The van der Waals surface area contributed by atoms with E-state index in [2.05, 4.69) is 20.8 Å². The third-order valence-electron chi connectivity index (χ3n) is 4.70. The van der Waals surface area contributed by atoms with Gasteiger partial charge in [-0.25, -0.2) is 0 Å². The molecule has 1 heterocycles. The van der Waals surface area contributed by atoms with Gasteiger partial charge >= 0.3 is 119 Å². The molecule has 1 aliphatic heterocycles. The van der Waals surface area contributed by atoms with E-state index in [4.69, 9.17) is 4.74 Å². The normalized spacial score (nSPS) is 20.5. The third kappa shape index (κ3) is 5.03. The van der Waals surface area contributed by atoms with Crippen LogP contribution in [0.4, 0.5) is 0 Å². The van der Waals surface area contributed by atoms with Gasteiger partial charge in [-0.3, -0.25) is 0 Å². The quantitative estimate of drug-likeness (QED) is 0.464. The van der Waals surface area contributed by atoms with Crippen molar-refractivity contribution in [1.82, 2.24) is 0 Å². The Hall–Kier alpha value is 0.759. The molecule has 1 nitrogen and oxygen atoms in total. The molecular formula is C16H34OSn. The van der Waals surface area contributed by atoms with Crippen molar-refractivity contribution in [2.45, 2.75) is 89.6 Å². The van der Waals surface area contributed by atoms with Crippen LogP contribution in [0.3, 0.4) is 0 Å². The van der Waals surface area contributed by atoms with Crippen LogP contribution < -0.4 is 0 Å². The molecule has 1 saturated heterocycles. The molecule has 0 bridgehead atoms. The molecule has 108 valence electrons. The van der Waals surface area contributed by atoms with Crippen LogP contribution in [-0.2, 0) is 4.74 Å². The molecule has 0 N–H and O–H groups in total. The molecule has 2 heteroatoms. The molecule has 0 aromatic rings. The van der Waals surface area contributed by atoms with Crippen molar-refractivity contribution >= 4 is 18.4 Å². The molecule has 18 heavy (non-hydrogen) atoms. The van der Waals surface area contributed by atoms with Crippen LogP contribution in [0.1, 0.15) is 72.1 Å². The van der Waals surface area contributed by atoms with E-state index in [0.717, 1.165) is 10.7 Å². The van der Waals surface area contributed by atoms with E-state index in [1.807, 2.05) is 0 Å². The number of hydrogen-bond donors (Lipinski definition) is 0. The fourth-order valence-corrected chi connectivity index (χ4v) is 21.1. The van der Waals surface area contributed by atoms with Gasteiger partial charge in [-0.1, -0.05) is 0 Å². The maximum atomic E-state index is 6.20. The molecule has 0 radical (unpaired) electrons. The van der Waals surface area contributed by atoms with Gasteiger partial charge in [-0.2, -0.15) is 0 Å². The zero-order valence-electron chi connectivity index (χ0n) is 13.0. The van der Waals surface area contributed by atoms with Gasteiger partial charge < -0.3 is 0 Å². The molecule has 0 amide bonds. The van der Waals surface area contributed by atoms with E-state index in [-0.39, 0.29) is 0 Å². The molecule has 1 unspecified atom stereocenters. The second-order valence-corrected chi connectivity index (χ2v) is 20.1. The monoisotopic (exact) mass is 362 g/mol. The average Bonchev–Trinajstić information content (AvgIpc) is 2.93. The predicted octanol–water partition coefficient (Wildman–Crippen LogP) is 5.55. The second kappa shape index (κ2) is 9.63. The van der Waals surface area contributed by atoms with Crippen molar-refractivity contribution < 1.29 is 4.74 Å². The first-order valence-corrected chi connectivity index (χ1v) is 16.1. The summed E-state index contributed by atoms with van der Waals surface area (Å²) < 4.78 is 11.8. The van der Waals surface area contributed by atoms with Gasteiger partial charge in [0.15, 0.2) is 0 Å². The van der Waals surface area contributed by atoms with E-state index in [9.17, 15) is 0 Å². The van der Waals surface area contributed by atoms with Crippen LogP contribution in [0.25, 0.3) is 0 Å². The Morgan fingerprint density at radius 2 is 1.39 bits per heavy atom. The van der Waals surface area contributed by atoms with Gasteiger partial charge in [0, 0.05) is 0 Å². The van der Waals surface area contributed by atoms with Crippen LogP contribution in [-0.4, -0.2) is 29.1 Å². The summed E-state index contributed by atoms with van der Waals surface area (Å²) in [7, 11) is 0. The zero-order chi connectivity index (χ0) is 13.3. The Morgan fingerprint density at radius 1 is 0.889 bits per heavy atom. The molecule has 0 saturated carbocycles. The molecule has 1 fully saturated rings.